The molecule has 2 heterocycles. The molecule has 0 aliphatic carbocycles. The van der Waals surface area contributed by atoms with Crippen molar-refractivity contribution in [2.24, 2.45) is 0 Å². The number of aromatic nitrogens is 4. The van der Waals surface area contributed by atoms with E-state index in [4.69, 9.17) is 0 Å². The van der Waals surface area contributed by atoms with Crippen LogP contribution in [0.4, 0.5) is 0 Å². The molecular weight excluding hydrogens is 306 g/mol. The molecule has 24 heavy (non-hydrogen) atoms. The van der Waals surface area contributed by atoms with Crippen LogP contribution in [-0.2, 0) is 13.0 Å². The smallest absolute Gasteiger partial charge is 0.257 e. The van der Waals surface area contributed by atoms with E-state index in [1.807, 2.05) is 37.3 Å². The Labute approximate surface area is 139 Å². The zero-order chi connectivity index (χ0) is 16.9. The maximum Gasteiger partial charge on any atom is 0.257 e. The van der Waals surface area contributed by atoms with Crippen molar-refractivity contribution in [3.05, 3.63) is 59.7 Å². The molecule has 0 saturated heterocycles. The molecule has 0 spiro atoms. The zero-order valence-electron chi connectivity index (χ0n) is 13.5. The molecule has 3 rings (SSSR count). The Morgan fingerprint density at radius 1 is 1.25 bits per heavy atom. The fourth-order valence-corrected chi connectivity index (χ4v) is 2.69. The van der Waals surface area contributed by atoms with E-state index in [1.165, 1.54) is 6.33 Å². The highest BCUT2D eigenvalue weighted by Crippen LogP contribution is 2.15. The van der Waals surface area contributed by atoms with Crippen LogP contribution in [0.1, 0.15) is 28.5 Å². The largest absolute Gasteiger partial charge is 0.395 e. The summed E-state index contributed by atoms with van der Waals surface area (Å²) < 4.78 is 1.59. The molecule has 7 nitrogen and oxygen atoms in total. The van der Waals surface area contributed by atoms with Gasteiger partial charge in [-0.2, -0.15) is 10.1 Å². The van der Waals surface area contributed by atoms with Crippen LogP contribution in [0.25, 0.3) is 5.78 Å². The van der Waals surface area contributed by atoms with Gasteiger partial charge in [0.15, 0.2) is 0 Å². The number of hydrogen-bond acceptors (Lipinski definition) is 5. The average molecular weight is 325 g/mol. The van der Waals surface area contributed by atoms with E-state index in [9.17, 15) is 9.90 Å². The summed E-state index contributed by atoms with van der Waals surface area (Å²) in [5.74, 6) is 0.301. The summed E-state index contributed by atoms with van der Waals surface area (Å²) in [7, 11) is 0. The van der Waals surface area contributed by atoms with E-state index < -0.39 is 0 Å². The Balaban J connectivity index is 1.95. The summed E-state index contributed by atoms with van der Waals surface area (Å²) in [5.41, 5.74) is 2.26. The fraction of sp³-hybridized carbons (Fsp3) is 0.294. The summed E-state index contributed by atoms with van der Waals surface area (Å²) in [6, 6.07) is 9.70. The monoisotopic (exact) mass is 325 g/mol. The Bertz CT molecular complexity index is 831. The number of benzene rings is 1. The molecular formula is C17H19N5O2. The van der Waals surface area contributed by atoms with Gasteiger partial charge in [0.05, 0.1) is 17.9 Å². The number of aliphatic hydroxyl groups is 1. The molecule has 0 atom stereocenters. The predicted octanol–water partition coefficient (Wildman–Crippen LogP) is 1.32. The van der Waals surface area contributed by atoms with Gasteiger partial charge in [-0.05, 0) is 12.0 Å². The molecule has 0 unspecified atom stereocenters. The van der Waals surface area contributed by atoms with Gasteiger partial charge >= 0.3 is 0 Å². The highest BCUT2D eigenvalue weighted by Gasteiger charge is 2.21. The summed E-state index contributed by atoms with van der Waals surface area (Å²) >= 11 is 0. The van der Waals surface area contributed by atoms with E-state index in [1.54, 1.807) is 15.6 Å². The highest BCUT2D eigenvalue weighted by molar-refractivity contribution is 5.95. The maximum atomic E-state index is 13.0. The van der Waals surface area contributed by atoms with Gasteiger partial charge in [-0.25, -0.2) is 9.50 Å². The molecule has 0 aliphatic heterocycles. The number of nitrogens with zero attached hydrogens (tertiary/aromatic N) is 5. The van der Waals surface area contributed by atoms with Crippen molar-refractivity contribution in [1.29, 1.82) is 0 Å². The van der Waals surface area contributed by atoms with Gasteiger partial charge in [-0.3, -0.25) is 4.79 Å². The second-order valence-corrected chi connectivity index (χ2v) is 5.38. The minimum absolute atomic E-state index is 0.0982. The van der Waals surface area contributed by atoms with Gasteiger partial charge in [0, 0.05) is 19.3 Å². The second kappa shape index (κ2) is 7.18. The van der Waals surface area contributed by atoms with Crippen molar-refractivity contribution >= 4 is 11.7 Å². The third-order valence-corrected chi connectivity index (χ3v) is 3.84. The lowest BCUT2D eigenvalue weighted by molar-refractivity contribution is 0.0705. The zero-order valence-corrected chi connectivity index (χ0v) is 13.5. The third-order valence-electron chi connectivity index (χ3n) is 3.84. The van der Waals surface area contributed by atoms with Crippen LogP contribution in [0.3, 0.4) is 0 Å². The molecule has 1 amide bonds. The first kappa shape index (κ1) is 16.1. The van der Waals surface area contributed by atoms with E-state index >= 15 is 0 Å². The third kappa shape index (κ3) is 3.11. The number of fused-ring (bicyclic) bond motifs is 1. The summed E-state index contributed by atoms with van der Waals surface area (Å²) in [6.07, 6.45) is 3.59. The van der Waals surface area contributed by atoms with Gasteiger partial charge in [-0.1, -0.05) is 37.3 Å². The Kier molecular flexibility index (Phi) is 4.81. The van der Waals surface area contributed by atoms with Crippen LogP contribution in [0.15, 0.2) is 42.9 Å². The standard InChI is InChI=1S/C17H19N5O2/c1-2-15-14(10-18-17-19-12-20-22(15)17)16(24)21(8-9-23)11-13-6-4-3-5-7-13/h3-7,10,12,23H,2,8-9,11H2,1H3. The molecule has 1 aromatic carbocycles. The first-order valence-electron chi connectivity index (χ1n) is 7.86. The molecule has 3 aromatic rings. The Morgan fingerprint density at radius 2 is 2.04 bits per heavy atom. The summed E-state index contributed by atoms with van der Waals surface area (Å²) in [4.78, 5) is 22.9. The van der Waals surface area contributed by atoms with Crippen molar-refractivity contribution in [1.82, 2.24) is 24.5 Å². The molecule has 7 heteroatoms. The molecule has 0 saturated carbocycles. The van der Waals surface area contributed by atoms with Gasteiger partial charge < -0.3 is 10.0 Å². The molecule has 124 valence electrons. The number of rotatable bonds is 6. The van der Waals surface area contributed by atoms with Gasteiger partial charge in [0.25, 0.3) is 11.7 Å². The topological polar surface area (TPSA) is 83.6 Å². The molecule has 1 N–H and O–H groups in total. The molecule has 0 aliphatic rings. The molecule has 0 bridgehead atoms. The minimum atomic E-state index is -0.172. The van der Waals surface area contributed by atoms with Crippen LogP contribution in [0, 0.1) is 0 Å². The first-order chi connectivity index (χ1) is 11.7. The molecule has 0 radical (unpaired) electrons. The second-order valence-electron chi connectivity index (χ2n) is 5.38. The first-order valence-corrected chi connectivity index (χ1v) is 7.86. The fourth-order valence-electron chi connectivity index (χ4n) is 2.69. The normalized spacial score (nSPS) is 10.9. The van der Waals surface area contributed by atoms with Crippen molar-refractivity contribution in [3.63, 3.8) is 0 Å². The lowest BCUT2D eigenvalue weighted by Crippen LogP contribution is -2.34. The number of aryl methyl sites for hydroxylation is 1. The number of aliphatic hydroxyl groups excluding tert-OH is 1. The van der Waals surface area contributed by atoms with Crippen LogP contribution in [0.5, 0.6) is 0 Å². The van der Waals surface area contributed by atoms with Gasteiger partial charge in [-0.15, -0.1) is 0 Å². The Hall–Kier alpha value is -2.80. The SMILES string of the molecule is CCc1c(C(=O)N(CCO)Cc2ccccc2)cnc2ncnn12. The van der Waals surface area contributed by atoms with Crippen molar-refractivity contribution in [2.45, 2.75) is 19.9 Å². The number of carbonyl (C=O) groups is 1. The number of amides is 1. The van der Waals surface area contributed by atoms with E-state index in [0.29, 0.717) is 24.3 Å². The van der Waals surface area contributed by atoms with Crippen molar-refractivity contribution in [2.75, 3.05) is 13.2 Å². The highest BCUT2D eigenvalue weighted by atomic mass is 16.3. The van der Waals surface area contributed by atoms with E-state index in [2.05, 4.69) is 15.1 Å². The van der Waals surface area contributed by atoms with Crippen LogP contribution in [0.2, 0.25) is 0 Å². The van der Waals surface area contributed by atoms with Crippen LogP contribution in [-0.4, -0.2) is 48.6 Å². The minimum Gasteiger partial charge on any atom is -0.395 e. The van der Waals surface area contributed by atoms with Crippen LogP contribution < -0.4 is 0 Å². The lowest BCUT2D eigenvalue weighted by atomic mass is 10.1. The van der Waals surface area contributed by atoms with E-state index in [0.717, 1.165) is 11.3 Å². The Morgan fingerprint density at radius 3 is 2.75 bits per heavy atom. The quantitative estimate of drug-likeness (QED) is 0.739. The lowest BCUT2D eigenvalue weighted by Gasteiger charge is -2.23. The number of hydrogen-bond donors (Lipinski definition) is 1. The molecule has 2 aromatic heterocycles. The maximum absolute atomic E-state index is 13.0. The van der Waals surface area contributed by atoms with Gasteiger partial charge in [0.2, 0.25) is 0 Å². The average Bonchev–Trinajstić information content (AvgIpc) is 3.09. The summed E-state index contributed by atoms with van der Waals surface area (Å²) in [5, 5.41) is 13.5. The van der Waals surface area contributed by atoms with Crippen molar-refractivity contribution in [3.8, 4) is 0 Å². The van der Waals surface area contributed by atoms with Gasteiger partial charge in [0.1, 0.15) is 6.33 Å². The number of carbonyl (C=O) groups excluding carboxylic acids is 1. The predicted molar refractivity (Wildman–Crippen MR) is 88.4 cm³/mol. The van der Waals surface area contributed by atoms with E-state index in [-0.39, 0.29) is 19.1 Å². The molecule has 0 fully saturated rings. The summed E-state index contributed by atoms with van der Waals surface area (Å²) in [6.45, 7) is 2.55. The van der Waals surface area contributed by atoms with Crippen LogP contribution >= 0.6 is 0 Å². The van der Waals surface area contributed by atoms with Crippen molar-refractivity contribution < 1.29 is 9.90 Å².